The maximum Gasteiger partial charge on any atom is 0.410 e. The van der Waals surface area contributed by atoms with Crippen LogP contribution in [0.25, 0.3) is 0 Å². The van der Waals surface area contributed by atoms with Crippen LogP contribution in [0.1, 0.15) is 45.1 Å². The molecule has 2 atom stereocenters. The van der Waals surface area contributed by atoms with Crippen molar-refractivity contribution in [1.29, 1.82) is 5.26 Å². The van der Waals surface area contributed by atoms with Crippen LogP contribution in [-0.2, 0) is 4.74 Å². The van der Waals surface area contributed by atoms with Crippen molar-refractivity contribution in [2.24, 2.45) is 5.92 Å². The van der Waals surface area contributed by atoms with E-state index in [1.807, 2.05) is 56.0 Å². The van der Waals surface area contributed by atoms with Crippen molar-refractivity contribution >= 4 is 6.09 Å². The molecule has 1 saturated carbocycles. The SMILES string of the molecule is CC(C)(C)OC(=O)N1CC(c2ccccc2)C(C#N)C12CC2. The molecule has 1 amide bonds. The topological polar surface area (TPSA) is 53.3 Å². The third-order valence-electron chi connectivity index (χ3n) is 4.64. The summed E-state index contributed by atoms with van der Waals surface area (Å²) in [5, 5.41) is 9.68. The van der Waals surface area contributed by atoms with Crippen LogP contribution >= 0.6 is 0 Å². The fraction of sp³-hybridized carbons (Fsp3) is 0.556. The lowest BCUT2D eigenvalue weighted by molar-refractivity contribution is 0.0190. The van der Waals surface area contributed by atoms with Gasteiger partial charge in [-0.15, -0.1) is 0 Å². The van der Waals surface area contributed by atoms with Gasteiger partial charge in [-0.25, -0.2) is 4.79 Å². The molecule has 2 unspecified atom stereocenters. The van der Waals surface area contributed by atoms with E-state index in [0.717, 1.165) is 18.4 Å². The van der Waals surface area contributed by atoms with Crippen LogP contribution in [0.3, 0.4) is 0 Å². The van der Waals surface area contributed by atoms with Gasteiger partial charge in [-0.05, 0) is 39.2 Å². The number of carbonyl (C=O) groups excluding carboxylic acids is 1. The van der Waals surface area contributed by atoms with Crippen LogP contribution < -0.4 is 0 Å². The second kappa shape index (κ2) is 5.01. The number of amides is 1. The summed E-state index contributed by atoms with van der Waals surface area (Å²) in [4.78, 5) is 14.4. The molecule has 4 heteroatoms. The first-order valence-corrected chi connectivity index (χ1v) is 7.82. The third kappa shape index (κ3) is 2.45. The Balaban J connectivity index is 1.88. The maximum atomic E-state index is 12.5. The van der Waals surface area contributed by atoms with Gasteiger partial charge in [0, 0.05) is 12.5 Å². The quantitative estimate of drug-likeness (QED) is 0.794. The van der Waals surface area contributed by atoms with E-state index in [1.54, 1.807) is 0 Å². The summed E-state index contributed by atoms with van der Waals surface area (Å²) in [6, 6.07) is 12.5. The summed E-state index contributed by atoms with van der Waals surface area (Å²) in [5.41, 5.74) is 0.309. The van der Waals surface area contributed by atoms with E-state index in [4.69, 9.17) is 4.74 Å². The van der Waals surface area contributed by atoms with Gasteiger partial charge in [0.1, 0.15) is 5.60 Å². The number of likely N-dealkylation sites (tertiary alicyclic amines) is 1. The lowest BCUT2D eigenvalue weighted by Crippen LogP contribution is -2.42. The Morgan fingerprint density at radius 1 is 1.32 bits per heavy atom. The van der Waals surface area contributed by atoms with Gasteiger partial charge >= 0.3 is 6.09 Å². The minimum atomic E-state index is -0.514. The van der Waals surface area contributed by atoms with Crippen molar-refractivity contribution in [3.8, 4) is 6.07 Å². The molecule has 2 aliphatic rings. The smallest absolute Gasteiger partial charge is 0.410 e. The van der Waals surface area contributed by atoms with Crippen molar-refractivity contribution in [2.75, 3.05) is 6.54 Å². The van der Waals surface area contributed by atoms with Crippen LogP contribution in [0.15, 0.2) is 30.3 Å². The Kier molecular flexibility index (Phi) is 3.40. The fourth-order valence-corrected chi connectivity index (χ4v) is 3.52. The van der Waals surface area contributed by atoms with E-state index in [-0.39, 0.29) is 23.5 Å². The molecule has 0 bridgehead atoms. The van der Waals surface area contributed by atoms with E-state index >= 15 is 0 Å². The Bertz CT molecular complexity index is 608. The number of benzene rings is 1. The highest BCUT2D eigenvalue weighted by Gasteiger charge is 2.64. The molecule has 22 heavy (non-hydrogen) atoms. The average Bonchev–Trinajstić information content (AvgIpc) is 3.14. The monoisotopic (exact) mass is 298 g/mol. The zero-order valence-electron chi connectivity index (χ0n) is 13.4. The summed E-state index contributed by atoms with van der Waals surface area (Å²) in [6.07, 6.45) is 1.51. The first-order chi connectivity index (χ1) is 10.4. The summed E-state index contributed by atoms with van der Waals surface area (Å²) < 4.78 is 5.55. The second-order valence-electron chi connectivity index (χ2n) is 7.32. The molecular formula is C18H22N2O2. The van der Waals surface area contributed by atoms with Crippen molar-refractivity contribution in [2.45, 2.75) is 50.7 Å². The lowest BCUT2D eigenvalue weighted by Gasteiger charge is -2.29. The molecular weight excluding hydrogens is 276 g/mol. The van der Waals surface area contributed by atoms with Crippen LogP contribution in [0, 0.1) is 17.2 Å². The molecule has 0 N–H and O–H groups in total. The van der Waals surface area contributed by atoms with E-state index < -0.39 is 5.60 Å². The molecule has 2 fully saturated rings. The first-order valence-electron chi connectivity index (χ1n) is 7.82. The van der Waals surface area contributed by atoms with Gasteiger partial charge in [0.25, 0.3) is 0 Å². The number of hydrogen-bond donors (Lipinski definition) is 0. The third-order valence-corrected chi connectivity index (χ3v) is 4.64. The molecule has 1 aliphatic carbocycles. The van der Waals surface area contributed by atoms with Crippen molar-refractivity contribution in [3.63, 3.8) is 0 Å². The molecule has 0 radical (unpaired) electrons. The van der Waals surface area contributed by atoms with Crippen molar-refractivity contribution < 1.29 is 9.53 Å². The number of hydrogen-bond acceptors (Lipinski definition) is 3. The zero-order valence-corrected chi connectivity index (χ0v) is 13.4. The Labute approximate surface area is 131 Å². The normalized spacial score (nSPS) is 25.8. The van der Waals surface area contributed by atoms with E-state index in [2.05, 4.69) is 6.07 Å². The van der Waals surface area contributed by atoms with Gasteiger partial charge in [-0.1, -0.05) is 30.3 Å². The molecule has 3 rings (SSSR count). The second-order valence-corrected chi connectivity index (χ2v) is 7.32. The standard InChI is InChI=1S/C18H22N2O2/c1-17(2,3)22-16(21)20-12-14(13-7-5-4-6-8-13)15(11-19)18(20)9-10-18/h4-8,14-15H,9-10,12H2,1-3H3. The highest BCUT2D eigenvalue weighted by molar-refractivity contribution is 5.71. The summed E-state index contributed by atoms with van der Waals surface area (Å²) in [7, 11) is 0. The predicted octanol–water partition coefficient (Wildman–Crippen LogP) is 3.69. The van der Waals surface area contributed by atoms with Crippen LogP contribution in [-0.4, -0.2) is 28.7 Å². The molecule has 0 aromatic heterocycles. The highest BCUT2D eigenvalue weighted by Crippen LogP contribution is 2.57. The van der Waals surface area contributed by atoms with Crippen LogP contribution in [0.4, 0.5) is 4.79 Å². The van der Waals surface area contributed by atoms with E-state index in [9.17, 15) is 10.1 Å². The highest BCUT2D eigenvalue weighted by atomic mass is 16.6. The Morgan fingerprint density at radius 3 is 2.45 bits per heavy atom. The summed E-state index contributed by atoms with van der Waals surface area (Å²) in [5.74, 6) is -0.0800. The Morgan fingerprint density at radius 2 is 1.95 bits per heavy atom. The lowest BCUT2D eigenvalue weighted by atomic mass is 9.85. The van der Waals surface area contributed by atoms with E-state index in [1.165, 1.54) is 0 Å². The predicted molar refractivity (Wildman–Crippen MR) is 83.2 cm³/mol. The first kappa shape index (κ1) is 14.9. The molecule has 116 valence electrons. The molecule has 1 heterocycles. The number of nitrogens with zero attached hydrogens (tertiary/aromatic N) is 2. The fourth-order valence-electron chi connectivity index (χ4n) is 3.52. The largest absolute Gasteiger partial charge is 0.444 e. The van der Waals surface area contributed by atoms with Gasteiger partial charge in [0.05, 0.1) is 17.5 Å². The van der Waals surface area contributed by atoms with E-state index in [0.29, 0.717) is 6.54 Å². The number of carbonyl (C=O) groups is 1. The van der Waals surface area contributed by atoms with Gasteiger partial charge in [-0.2, -0.15) is 5.26 Å². The minimum Gasteiger partial charge on any atom is -0.444 e. The number of nitriles is 1. The maximum absolute atomic E-state index is 12.5. The van der Waals surface area contributed by atoms with Crippen LogP contribution in [0.5, 0.6) is 0 Å². The summed E-state index contributed by atoms with van der Waals surface area (Å²) in [6.45, 7) is 6.18. The molecule has 4 nitrogen and oxygen atoms in total. The molecule has 1 aliphatic heterocycles. The minimum absolute atomic E-state index is 0.0706. The molecule has 1 spiro atoms. The molecule has 1 aromatic carbocycles. The van der Waals surface area contributed by atoms with Crippen LogP contribution in [0.2, 0.25) is 0 Å². The molecule has 1 saturated heterocycles. The number of rotatable bonds is 1. The van der Waals surface area contributed by atoms with Gasteiger partial charge in [0.15, 0.2) is 0 Å². The van der Waals surface area contributed by atoms with Crippen molar-refractivity contribution in [3.05, 3.63) is 35.9 Å². The van der Waals surface area contributed by atoms with Crippen molar-refractivity contribution in [1.82, 2.24) is 4.90 Å². The van der Waals surface area contributed by atoms with Gasteiger partial charge in [0.2, 0.25) is 0 Å². The molecule has 1 aromatic rings. The van der Waals surface area contributed by atoms with Gasteiger partial charge in [-0.3, -0.25) is 0 Å². The average molecular weight is 298 g/mol. The van der Waals surface area contributed by atoms with Gasteiger partial charge < -0.3 is 9.64 Å². The Hall–Kier alpha value is -2.02. The number of ether oxygens (including phenoxy) is 1. The zero-order chi connectivity index (χ0) is 16.0. The summed E-state index contributed by atoms with van der Waals surface area (Å²) >= 11 is 0.